The number of aromatic carboxylic acids is 1. The maximum absolute atomic E-state index is 11.8. The van der Waals surface area contributed by atoms with E-state index >= 15 is 0 Å². The predicted octanol–water partition coefficient (Wildman–Crippen LogP) is 1.84. The van der Waals surface area contributed by atoms with Gasteiger partial charge in [-0.2, -0.15) is 0 Å². The van der Waals surface area contributed by atoms with Crippen LogP contribution in [0.3, 0.4) is 0 Å². The van der Waals surface area contributed by atoms with Crippen molar-refractivity contribution in [3.05, 3.63) is 23.7 Å². The van der Waals surface area contributed by atoms with Gasteiger partial charge in [0.25, 0.3) is 0 Å². The monoisotopic (exact) mass is 298 g/mol. The second-order valence-corrected chi connectivity index (χ2v) is 4.91. The molecule has 0 aromatic carbocycles. The first-order valence-corrected chi connectivity index (χ1v) is 6.88. The van der Waals surface area contributed by atoms with Gasteiger partial charge in [0.15, 0.2) is 0 Å². The molecule has 1 unspecified atom stereocenters. The van der Waals surface area contributed by atoms with E-state index in [9.17, 15) is 9.59 Å². The van der Waals surface area contributed by atoms with Gasteiger partial charge in [0.2, 0.25) is 5.76 Å². The van der Waals surface area contributed by atoms with Gasteiger partial charge < -0.3 is 24.9 Å². The number of carbonyl (C=O) groups is 2. The van der Waals surface area contributed by atoms with Gasteiger partial charge >= 0.3 is 12.0 Å². The van der Waals surface area contributed by atoms with E-state index in [0.717, 1.165) is 0 Å². The van der Waals surface area contributed by atoms with E-state index in [4.69, 9.17) is 14.3 Å². The van der Waals surface area contributed by atoms with Crippen LogP contribution in [0.1, 0.15) is 37.1 Å². The number of carboxylic acid groups (broad SMARTS) is 1. The lowest BCUT2D eigenvalue weighted by Gasteiger charge is -2.22. The molecule has 7 heteroatoms. The molecule has 7 nitrogen and oxygen atoms in total. The lowest BCUT2D eigenvalue weighted by molar-refractivity contribution is 0.0660. The Hall–Kier alpha value is -2.02. The molecule has 0 saturated heterocycles. The Morgan fingerprint density at radius 3 is 2.62 bits per heavy atom. The zero-order chi connectivity index (χ0) is 15.8. The number of nitrogens with one attached hydrogen (secondary N) is 2. The van der Waals surface area contributed by atoms with Crippen molar-refractivity contribution in [3.8, 4) is 0 Å². The average Bonchev–Trinajstić information content (AvgIpc) is 2.90. The van der Waals surface area contributed by atoms with Gasteiger partial charge in [-0.3, -0.25) is 0 Å². The first kappa shape index (κ1) is 17.0. The minimum Gasteiger partial charge on any atom is -0.475 e. The van der Waals surface area contributed by atoms with Crippen LogP contribution in [0.2, 0.25) is 0 Å². The summed E-state index contributed by atoms with van der Waals surface area (Å²) in [6.45, 7) is 7.06. The number of hydrogen-bond donors (Lipinski definition) is 3. The van der Waals surface area contributed by atoms with Gasteiger partial charge in [-0.1, -0.05) is 13.8 Å². The zero-order valence-electron chi connectivity index (χ0n) is 12.5. The Labute approximate surface area is 123 Å². The van der Waals surface area contributed by atoms with Crippen LogP contribution in [0.4, 0.5) is 4.79 Å². The summed E-state index contributed by atoms with van der Waals surface area (Å²) < 4.78 is 10.4. The minimum absolute atomic E-state index is 0.0869. The van der Waals surface area contributed by atoms with E-state index in [1.807, 2.05) is 20.8 Å². The summed E-state index contributed by atoms with van der Waals surface area (Å²) in [6, 6.07) is 2.44. The molecule has 1 aromatic rings. The highest BCUT2D eigenvalue weighted by atomic mass is 16.5. The number of amides is 2. The number of urea groups is 1. The second-order valence-electron chi connectivity index (χ2n) is 4.91. The third kappa shape index (κ3) is 5.86. The lowest BCUT2D eigenvalue weighted by Crippen LogP contribution is -2.46. The van der Waals surface area contributed by atoms with Crippen LogP contribution in [-0.4, -0.2) is 36.4 Å². The molecule has 1 atom stereocenters. The molecule has 1 rings (SSSR count). The Balaban J connectivity index is 2.42. The molecule has 0 aliphatic carbocycles. The van der Waals surface area contributed by atoms with Crippen molar-refractivity contribution >= 4 is 12.0 Å². The number of hydrogen-bond acceptors (Lipinski definition) is 4. The Kier molecular flexibility index (Phi) is 6.74. The van der Waals surface area contributed by atoms with E-state index in [-0.39, 0.29) is 30.3 Å². The first-order valence-electron chi connectivity index (χ1n) is 6.88. The topological polar surface area (TPSA) is 101 Å². The van der Waals surface area contributed by atoms with Crippen LogP contribution < -0.4 is 10.6 Å². The maximum Gasteiger partial charge on any atom is 0.371 e. The van der Waals surface area contributed by atoms with Crippen molar-refractivity contribution in [2.75, 3.05) is 13.2 Å². The largest absolute Gasteiger partial charge is 0.475 e. The minimum atomic E-state index is -1.14. The van der Waals surface area contributed by atoms with Crippen molar-refractivity contribution in [2.45, 2.75) is 33.4 Å². The van der Waals surface area contributed by atoms with Gasteiger partial charge in [0.1, 0.15) is 5.76 Å². The van der Waals surface area contributed by atoms with E-state index < -0.39 is 5.97 Å². The van der Waals surface area contributed by atoms with Gasteiger partial charge in [-0.05, 0) is 25.0 Å². The molecule has 0 aliphatic rings. The highest BCUT2D eigenvalue weighted by Crippen LogP contribution is 2.07. The molecule has 2 amide bonds. The summed E-state index contributed by atoms with van der Waals surface area (Å²) in [5.74, 6) is -0.663. The van der Waals surface area contributed by atoms with Gasteiger partial charge in [-0.25, -0.2) is 9.59 Å². The van der Waals surface area contributed by atoms with Gasteiger partial charge in [0.05, 0.1) is 19.2 Å². The van der Waals surface area contributed by atoms with E-state index in [0.29, 0.717) is 19.0 Å². The fourth-order valence-corrected chi connectivity index (χ4v) is 1.62. The highest BCUT2D eigenvalue weighted by Gasteiger charge is 2.16. The van der Waals surface area contributed by atoms with E-state index in [2.05, 4.69) is 10.6 Å². The summed E-state index contributed by atoms with van der Waals surface area (Å²) >= 11 is 0. The summed E-state index contributed by atoms with van der Waals surface area (Å²) in [6.07, 6.45) is 0. The number of carbonyl (C=O) groups excluding carboxylic acids is 1. The van der Waals surface area contributed by atoms with Crippen molar-refractivity contribution in [1.82, 2.24) is 10.6 Å². The number of carboxylic acids is 1. The van der Waals surface area contributed by atoms with E-state index in [1.165, 1.54) is 12.1 Å². The quantitative estimate of drug-likeness (QED) is 0.680. The SMILES string of the molecule is CCOCC(NC(=O)NCc1ccc(C(=O)O)o1)C(C)C. The number of rotatable bonds is 8. The van der Waals surface area contributed by atoms with Gasteiger partial charge in [0, 0.05) is 6.61 Å². The summed E-state index contributed by atoms with van der Waals surface area (Å²) in [4.78, 5) is 22.5. The molecular formula is C14H22N2O5. The molecule has 0 fully saturated rings. The maximum atomic E-state index is 11.8. The molecule has 0 spiro atoms. The summed E-state index contributed by atoms with van der Waals surface area (Å²) in [5.41, 5.74) is 0. The lowest BCUT2D eigenvalue weighted by atomic mass is 10.1. The summed E-state index contributed by atoms with van der Waals surface area (Å²) in [5, 5.41) is 14.2. The molecule has 118 valence electrons. The third-order valence-electron chi connectivity index (χ3n) is 2.92. The molecule has 0 aliphatic heterocycles. The van der Waals surface area contributed by atoms with Crippen LogP contribution in [0, 0.1) is 5.92 Å². The summed E-state index contributed by atoms with van der Waals surface area (Å²) in [7, 11) is 0. The van der Waals surface area contributed by atoms with Crippen LogP contribution in [0.5, 0.6) is 0 Å². The molecule has 1 aromatic heterocycles. The van der Waals surface area contributed by atoms with Crippen LogP contribution in [0.15, 0.2) is 16.5 Å². The Morgan fingerprint density at radius 2 is 2.10 bits per heavy atom. The van der Waals surface area contributed by atoms with E-state index in [1.54, 1.807) is 0 Å². The normalized spacial score (nSPS) is 12.2. The number of ether oxygens (including phenoxy) is 1. The average molecular weight is 298 g/mol. The first-order chi connectivity index (χ1) is 9.93. The van der Waals surface area contributed by atoms with Crippen LogP contribution in [0.25, 0.3) is 0 Å². The number of furan rings is 1. The predicted molar refractivity (Wildman–Crippen MR) is 76.2 cm³/mol. The molecule has 21 heavy (non-hydrogen) atoms. The third-order valence-corrected chi connectivity index (χ3v) is 2.92. The Morgan fingerprint density at radius 1 is 1.38 bits per heavy atom. The molecule has 0 radical (unpaired) electrons. The highest BCUT2D eigenvalue weighted by molar-refractivity contribution is 5.84. The fourth-order valence-electron chi connectivity index (χ4n) is 1.62. The molecular weight excluding hydrogens is 276 g/mol. The Bertz CT molecular complexity index is 470. The van der Waals surface area contributed by atoms with Crippen molar-refractivity contribution in [2.24, 2.45) is 5.92 Å². The van der Waals surface area contributed by atoms with Crippen molar-refractivity contribution in [1.29, 1.82) is 0 Å². The van der Waals surface area contributed by atoms with Crippen molar-refractivity contribution in [3.63, 3.8) is 0 Å². The molecule has 3 N–H and O–H groups in total. The van der Waals surface area contributed by atoms with Crippen LogP contribution >= 0.6 is 0 Å². The van der Waals surface area contributed by atoms with Gasteiger partial charge in [-0.15, -0.1) is 0 Å². The molecule has 1 heterocycles. The standard InChI is InChI=1S/C14H22N2O5/c1-4-20-8-11(9(2)3)16-14(19)15-7-10-5-6-12(21-10)13(17)18/h5-6,9,11H,4,7-8H2,1-3H3,(H,17,18)(H2,15,16,19). The second kappa shape index (κ2) is 8.31. The molecule has 0 bridgehead atoms. The smallest absolute Gasteiger partial charge is 0.371 e. The fraction of sp³-hybridized carbons (Fsp3) is 0.571. The molecule has 0 saturated carbocycles. The van der Waals surface area contributed by atoms with Crippen LogP contribution in [-0.2, 0) is 11.3 Å². The zero-order valence-corrected chi connectivity index (χ0v) is 12.5. The van der Waals surface area contributed by atoms with Crippen molar-refractivity contribution < 1.29 is 23.8 Å².